The SMILES string of the molecule is CNC(=O)c1ccccc1-[s+]1c2ccc(C)cc2c(=O)n1C.[Cl-]. The van der Waals surface area contributed by atoms with Crippen molar-refractivity contribution in [3.8, 4) is 4.90 Å². The molecule has 0 saturated carbocycles. The van der Waals surface area contributed by atoms with Crippen molar-refractivity contribution in [2.24, 2.45) is 7.05 Å². The van der Waals surface area contributed by atoms with Crippen molar-refractivity contribution in [2.75, 3.05) is 7.05 Å². The monoisotopic (exact) mass is 348 g/mol. The van der Waals surface area contributed by atoms with Crippen LogP contribution < -0.4 is 23.3 Å². The molecule has 0 spiro atoms. The van der Waals surface area contributed by atoms with Crippen LogP contribution in [0.15, 0.2) is 47.3 Å². The normalized spacial score (nSPS) is 11.2. The number of hydrogen-bond acceptors (Lipinski definition) is 2. The van der Waals surface area contributed by atoms with Crippen LogP contribution in [-0.2, 0) is 7.05 Å². The molecule has 1 aromatic heterocycles. The lowest BCUT2D eigenvalue weighted by Crippen LogP contribution is -3.00. The Labute approximate surface area is 143 Å². The van der Waals surface area contributed by atoms with Gasteiger partial charge >= 0.3 is 5.56 Å². The summed E-state index contributed by atoms with van der Waals surface area (Å²) in [5.74, 6) is -0.135. The Balaban J connectivity index is 0.00000192. The van der Waals surface area contributed by atoms with Crippen LogP contribution in [0.1, 0.15) is 15.9 Å². The van der Waals surface area contributed by atoms with Crippen LogP contribution >= 0.6 is 10.7 Å². The van der Waals surface area contributed by atoms with Crippen LogP contribution in [-0.4, -0.2) is 16.9 Å². The number of amides is 1. The van der Waals surface area contributed by atoms with E-state index in [1.165, 1.54) is 0 Å². The molecule has 2 aromatic carbocycles. The number of carbonyl (C=O) groups is 1. The molecule has 3 aromatic rings. The Kier molecular flexibility index (Phi) is 4.92. The molecular formula is C17H17ClN2O2S. The maximum Gasteiger partial charge on any atom is 0.304 e. The summed E-state index contributed by atoms with van der Waals surface area (Å²) in [4.78, 5) is 25.5. The number of nitrogens with one attached hydrogen (secondary N) is 1. The maximum atomic E-state index is 12.5. The molecule has 6 heteroatoms. The lowest BCUT2D eigenvalue weighted by molar-refractivity contribution is -0.0000127. The molecule has 0 aliphatic carbocycles. The number of nitrogens with zero attached hydrogens (tertiary/aromatic N) is 1. The third kappa shape index (κ3) is 2.78. The highest BCUT2D eigenvalue weighted by Gasteiger charge is 2.28. The quantitative estimate of drug-likeness (QED) is 0.660. The van der Waals surface area contributed by atoms with Crippen molar-refractivity contribution in [3.63, 3.8) is 0 Å². The topological polar surface area (TPSA) is 51.1 Å². The van der Waals surface area contributed by atoms with Crippen LogP contribution in [0.5, 0.6) is 0 Å². The molecule has 0 aliphatic heterocycles. The Morgan fingerprint density at radius 1 is 1.17 bits per heavy atom. The number of hydrogen-bond donors (Lipinski definition) is 1. The molecule has 120 valence electrons. The molecule has 4 nitrogen and oxygen atoms in total. The molecule has 0 saturated heterocycles. The first-order chi connectivity index (χ1) is 10.5. The summed E-state index contributed by atoms with van der Waals surface area (Å²) >= 11 is 0. The van der Waals surface area contributed by atoms with Gasteiger partial charge in [0.15, 0.2) is 0 Å². The minimum absolute atomic E-state index is 0. The van der Waals surface area contributed by atoms with Gasteiger partial charge in [-0.25, -0.2) is 0 Å². The zero-order valence-electron chi connectivity index (χ0n) is 13.1. The van der Waals surface area contributed by atoms with E-state index in [-0.39, 0.29) is 23.9 Å². The van der Waals surface area contributed by atoms with Crippen molar-refractivity contribution in [3.05, 3.63) is 63.9 Å². The second-order valence-corrected chi connectivity index (χ2v) is 7.16. The van der Waals surface area contributed by atoms with E-state index in [9.17, 15) is 9.59 Å². The van der Waals surface area contributed by atoms with Crippen LogP contribution in [0.25, 0.3) is 15.0 Å². The summed E-state index contributed by atoms with van der Waals surface area (Å²) in [7, 11) is 2.85. The zero-order chi connectivity index (χ0) is 15.9. The number of aryl methyl sites for hydroxylation is 1. The molecule has 1 atom stereocenters. The second-order valence-electron chi connectivity index (χ2n) is 5.16. The first kappa shape index (κ1) is 17.2. The van der Waals surface area contributed by atoms with Crippen molar-refractivity contribution in [2.45, 2.75) is 6.92 Å². The molecule has 0 aliphatic rings. The van der Waals surface area contributed by atoms with Gasteiger partial charge in [0.25, 0.3) is 5.91 Å². The fourth-order valence-corrected chi connectivity index (χ4v) is 4.82. The molecule has 23 heavy (non-hydrogen) atoms. The predicted molar refractivity (Wildman–Crippen MR) is 91.1 cm³/mol. The highest BCUT2D eigenvalue weighted by Crippen LogP contribution is 2.39. The van der Waals surface area contributed by atoms with Crippen molar-refractivity contribution >= 4 is 26.7 Å². The molecular weight excluding hydrogens is 332 g/mol. The number of halogens is 1. The van der Waals surface area contributed by atoms with Gasteiger partial charge in [-0.05, 0) is 24.6 Å². The van der Waals surface area contributed by atoms with Gasteiger partial charge in [-0.3, -0.25) is 9.59 Å². The predicted octanol–water partition coefficient (Wildman–Crippen LogP) is -0.0512. The second kappa shape index (κ2) is 6.56. The molecule has 3 rings (SSSR count). The number of fused-ring (bicyclic) bond motifs is 1. The molecule has 1 amide bonds. The largest absolute Gasteiger partial charge is 1.00 e. The van der Waals surface area contributed by atoms with Crippen molar-refractivity contribution in [1.82, 2.24) is 9.27 Å². The lowest BCUT2D eigenvalue weighted by Gasteiger charge is -2.02. The summed E-state index contributed by atoms with van der Waals surface area (Å²) in [5.41, 5.74) is 1.68. The van der Waals surface area contributed by atoms with Crippen LogP contribution in [0.2, 0.25) is 0 Å². The Morgan fingerprint density at radius 2 is 1.87 bits per heavy atom. The number of carbonyl (C=O) groups excluding carboxylic acids is 1. The molecule has 1 heterocycles. The van der Waals surface area contributed by atoms with E-state index in [0.717, 1.165) is 20.5 Å². The van der Waals surface area contributed by atoms with Gasteiger partial charge in [-0.2, -0.15) is 0 Å². The van der Waals surface area contributed by atoms with E-state index in [2.05, 4.69) is 5.32 Å². The van der Waals surface area contributed by atoms with Crippen molar-refractivity contribution in [1.29, 1.82) is 0 Å². The standard InChI is InChI=1S/C17H16N2O2S.ClH/c1-11-8-9-15-13(10-11)17(21)19(3)22(15)14-7-5-4-6-12(14)16(20)18-2;/h4-10H,1-3H3;1H. The van der Waals surface area contributed by atoms with E-state index in [1.807, 2.05) is 43.3 Å². The average Bonchev–Trinajstić information content (AvgIpc) is 2.78. The maximum absolute atomic E-state index is 12.5. The van der Waals surface area contributed by atoms with Crippen molar-refractivity contribution < 1.29 is 17.2 Å². The van der Waals surface area contributed by atoms with E-state index in [0.29, 0.717) is 5.56 Å². The summed E-state index contributed by atoms with van der Waals surface area (Å²) in [6.45, 7) is 1.97. The molecule has 1 unspecified atom stereocenters. The third-order valence-electron chi connectivity index (χ3n) is 3.70. The Bertz CT molecular complexity index is 943. The summed E-state index contributed by atoms with van der Waals surface area (Å²) < 4.78 is 2.71. The van der Waals surface area contributed by atoms with E-state index in [4.69, 9.17) is 0 Å². The van der Waals surface area contributed by atoms with Crippen LogP contribution in [0.3, 0.4) is 0 Å². The first-order valence-electron chi connectivity index (χ1n) is 6.99. The molecule has 0 bridgehead atoms. The Hall–Kier alpha value is -2.11. The van der Waals surface area contributed by atoms with E-state index < -0.39 is 10.7 Å². The fourth-order valence-electron chi connectivity index (χ4n) is 2.60. The fraction of sp³-hybridized carbons (Fsp3) is 0.176. The van der Waals surface area contributed by atoms with Gasteiger partial charge in [-0.15, -0.1) is 3.96 Å². The molecule has 0 fully saturated rings. The van der Waals surface area contributed by atoms with Gasteiger partial charge in [0.05, 0.1) is 7.05 Å². The van der Waals surface area contributed by atoms with Gasteiger partial charge < -0.3 is 17.7 Å². The van der Waals surface area contributed by atoms with E-state index >= 15 is 0 Å². The Morgan fingerprint density at radius 3 is 2.57 bits per heavy atom. The van der Waals surface area contributed by atoms with Gasteiger partial charge in [0, 0.05) is 19.2 Å². The smallest absolute Gasteiger partial charge is 0.304 e. The van der Waals surface area contributed by atoms with Crippen LogP contribution in [0.4, 0.5) is 0 Å². The summed E-state index contributed by atoms with van der Waals surface area (Å²) in [6.07, 6.45) is 0. The average molecular weight is 349 g/mol. The highest BCUT2D eigenvalue weighted by atomic mass is 35.5. The number of rotatable bonds is 2. The zero-order valence-corrected chi connectivity index (χ0v) is 14.7. The van der Waals surface area contributed by atoms with Gasteiger partial charge in [0.1, 0.15) is 21.6 Å². The lowest BCUT2D eigenvalue weighted by atomic mass is 10.2. The minimum Gasteiger partial charge on any atom is -1.00 e. The van der Waals surface area contributed by atoms with Gasteiger partial charge in [-0.1, -0.05) is 18.2 Å². The summed E-state index contributed by atoms with van der Waals surface area (Å²) in [6, 6.07) is 13.4. The molecule has 1 N–H and O–H groups in total. The van der Waals surface area contributed by atoms with E-state index in [1.54, 1.807) is 24.1 Å². The third-order valence-corrected chi connectivity index (χ3v) is 5.96. The number of benzene rings is 2. The van der Waals surface area contributed by atoms with Crippen LogP contribution in [0, 0.1) is 6.92 Å². The minimum atomic E-state index is -0.560. The van der Waals surface area contributed by atoms with Gasteiger partial charge in [0.2, 0.25) is 9.60 Å². The highest BCUT2D eigenvalue weighted by molar-refractivity contribution is 7.41. The number of aromatic nitrogens is 1. The first-order valence-corrected chi connectivity index (χ1v) is 8.17. The molecule has 0 radical (unpaired) electrons. The summed E-state index contributed by atoms with van der Waals surface area (Å²) in [5, 5.41) is 3.40.